The van der Waals surface area contributed by atoms with Crippen molar-refractivity contribution in [1.29, 1.82) is 0 Å². The molecule has 1 aliphatic rings. The van der Waals surface area contributed by atoms with Crippen LogP contribution in [-0.4, -0.2) is 21.7 Å². The summed E-state index contributed by atoms with van der Waals surface area (Å²) < 4.78 is 8.22. The van der Waals surface area contributed by atoms with Crippen molar-refractivity contribution < 1.29 is 4.74 Å². The van der Waals surface area contributed by atoms with Gasteiger partial charge in [0, 0.05) is 41.4 Å². The Kier molecular flexibility index (Phi) is 4.15. The first-order chi connectivity index (χ1) is 11.3. The normalized spacial score (nSPS) is 20.3. The van der Waals surface area contributed by atoms with Crippen LogP contribution in [0.25, 0.3) is 10.9 Å². The molecule has 0 bridgehead atoms. The second-order valence-corrected chi connectivity index (χ2v) is 8.10. The van der Waals surface area contributed by atoms with Crippen molar-refractivity contribution in [2.45, 2.75) is 71.2 Å². The molecule has 0 spiro atoms. The summed E-state index contributed by atoms with van der Waals surface area (Å²) in [5.74, 6) is 1.31. The van der Waals surface area contributed by atoms with Crippen LogP contribution in [-0.2, 0) is 11.3 Å². The highest BCUT2D eigenvalue weighted by atomic mass is 16.5. The van der Waals surface area contributed by atoms with Crippen molar-refractivity contribution >= 4 is 16.7 Å². The molecule has 0 saturated carbocycles. The van der Waals surface area contributed by atoms with E-state index in [2.05, 4.69) is 81.0 Å². The van der Waals surface area contributed by atoms with Gasteiger partial charge in [-0.05, 0) is 46.8 Å². The number of hydrogen-bond acceptors (Lipinski definition) is 2. The van der Waals surface area contributed by atoms with E-state index in [0.29, 0.717) is 0 Å². The second kappa shape index (κ2) is 5.87. The number of benzene rings is 1. The van der Waals surface area contributed by atoms with Crippen LogP contribution in [0.2, 0.25) is 0 Å². The standard InChI is InChI=1S/C21H30N2O/c1-7-22-18-12-10-9-11-16(18)13-19(22)23-20(3,4)14-17(24-8-2)15-21(23,5)6/h8-13,17H,2,7,14-15H2,1,3-6H3. The minimum Gasteiger partial charge on any atom is -0.498 e. The van der Waals surface area contributed by atoms with E-state index in [1.807, 2.05) is 0 Å². The molecule has 130 valence electrons. The third-order valence-electron chi connectivity index (χ3n) is 5.29. The predicted molar refractivity (Wildman–Crippen MR) is 103 cm³/mol. The zero-order valence-corrected chi connectivity index (χ0v) is 15.7. The van der Waals surface area contributed by atoms with Crippen molar-refractivity contribution in [2.24, 2.45) is 0 Å². The highest BCUT2D eigenvalue weighted by Gasteiger charge is 2.47. The first-order valence-electron chi connectivity index (χ1n) is 8.95. The molecule has 3 nitrogen and oxygen atoms in total. The number of rotatable bonds is 4. The maximum Gasteiger partial charge on any atom is 0.110 e. The van der Waals surface area contributed by atoms with Gasteiger partial charge in [-0.25, -0.2) is 0 Å². The molecule has 0 N–H and O–H groups in total. The molecule has 0 amide bonds. The van der Waals surface area contributed by atoms with Crippen LogP contribution in [0.5, 0.6) is 0 Å². The summed E-state index contributed by atoms with van der Waals surface area (Å²) in [6, 6.07) is 11.0. The lowest BCUT2D eigenvalue weighted by molar-refractivity contribution is 0.0497. The minimum absolute atomic E-state index is 0.0106. The van der Waals surface area contributed by atoms with Gasteiger partial charge in [0.2, 0.25) is 0 Å². The molecule has 0 unspecified atom stereocenters. The Hall–Kier alpha value is -1.90. The fraction of sp³-hybridized carbons (Fsp3) is 0.524. The first kappa shape index (κ1) is 16.9. The molecule has 2 heterocycles. The molecular weight excluding hydrogens is 296 g/mol. The number of aryl methyl sites for hydroxylation is 1. The van der Waals surface area contributed by atoms with E-state index in [9.17, 15) is 0 Å². The zero-order valence-electron chi connectivity index (χ0n) is 15.7. The molecule has 3 rings (SSSR count). The SMILES string of the molecule is C=COC1CC(C)(C)N(c2cc3ccccc3n2CC)C(C)(C)C1. The van der Waals surface area contributed by atoms with Gasteiger partial charge in [-0.3, -0.25) is 0 Å². The molecule has 0 aliphatic carbocycles. The summed E-state index contributed by atoms with van der Waals surface area (Å²) in [4.78, 5) is 2.60. The maximum atomic E-state index is 5.78. The Balaban J connectivity index is 2.12. The number of hydrogen-bond donors (Lipinski definition) is 0. The lowest BCUT2D eigenvalue weighted by Gasteiger charge is -2.56. The van der Waals surface area contributed by atoms with Crippen LogP contribution in [0, 0.1) is 0 Å². The van der Waals surface area contributed by atoms with E-state index in [0.717, 1.165) is 19.4 Å². The van der Waals surface area contributed by atoms with E-state index >= 15 is 0 Å². The average Bonchev–Trinajstić information content (AvgIpc) is 2.82. The number of anilines is 1. The number of piperidine rings is 1. The molecule has 3 heteroatoms. The Morgan fingerprint density at radius 1 is 1.17 bits per heavy atom. The Morgan fingerprint density at radius 2 is 1.79 bits per heavy atom. The van der Waals surface area contributed by atoms with Crippen molar-refractivity contribution in [3.63, 3.8) is 0 Å². The van der Waals surface area contributed by atoms with Gasteiger partial charge in [0.1, 0.15) is 11.9 Å². The van der Waals surface area contributed by atoms with Gasteiger partial charge in [-0.1, -0.05) is 24.8 Å². The van der Waals surface area contributed by atoms with Gasteiger partial charge in [0.15, 0.2) is 0 Å². The lowest BCUT2D eigenvalue weighted by atomic mass is 9.78. The van der Waals surface area contributed by atoms with Gasteiger partial charge in [0.05, 0.1) is 6.26 Å². The zero-order chi connectivity index (χ0) is 17.5. The molecular formula is C21H30N2O. The van der Waals surface area contributed by atoms with Crippen molar-refractivity contribution in [1.82, 2.24) is 4.57 Å². The molecule has 0 radical (unpaired) electrons. The predicted octanol–water partition coefficient (Wildman–Crippen LogP) is 5.35. The van der Waals surface area contributed by atoms with E-state index in [1.165, 1.54) is 16.7 Å². The van der Waals surface area contributed by atoms with Crippen molar-refractivity contribution in [3.8, 4) is 0 Å². The minimum atomic E-state index is 0.0106. The number of aromatic nitrogens is 1. The summed E-state index contributed by atoms with van der Waals surface area (Å²) in [6.45, 7) is 16.2. The summed E-state index contributed by atoms with van der Waals surface area (Å²) in [5, 5.41) is 1.31. The highest BCUT2D eigenvalue weighted by molar-refractivity contribution is 5.85. The van der Waals surface area contributed by atoms with E-state index in [4.69, 9.17) is 4.74 Å². The summed E-state index contributed by atoms with van der Waals surface area (Å²) in [7, 11) is 0. The summed E-state index contributed by atoms with van der Waals surface area (Å²) >= 11 is 0. The smallest absolute Gasteiger partial charge is 0.110 e. The second-order valence-electron chi connectivity index (χ2n) is 8.10. The van der Waals surface area contributed by atoms with Crippen molar-refractivity contribution in [2.75, 3.05) is 4.90 Å². The third kappa shape index (κ3) is 2.70. The lowest BCUT2D eigenvalue weighted by Crippen LogP contribution is -2.63. The molecule has 1 aromatic heterocycles. The third-order valence-corrected chi connectivity index (χ3v) is 5.29. The first-order valence-corrected chi connectivity index (χ1v) is 8.95. The van der Waals surface area contributed by atoms with E-state index in [-0.39, 0.29) is 17.2 Å². The Morgan fingerprint density at radius 3 is 2.38 bits per heavy atom. The quantitative estimate of drug-likeness (QED) is 0.705. The maximum absolute atomic E-state index is 5.78. The molecule has 2 aromatic rings. The molecule has 1 aromatic carbocycles. The number of fused-ring (bicyclic) bond motifs is 1. The molecule has 0 atom stereocenters. The number of ether oxygens (including phenoxy) is 1. The molecule has 1 fully saturated rings. The molecule has 24 heavy (non-hydrogen) atoms. The van der Waals surface area contributed by atoms with Crippen LogP contribution in [0.15, 0.2) is 43.2 Å². The summed E-state index contributed by atoms with van der Waals surface area (Å²) in [6.07, 6.45) is 3.81. The molecule has 1 saturated heterocycles. The van der Waals surface area contributed by atoms with Gasteiger partial charge in [0.25, 0.3) is 0 Å². The fourth-order valence-electron chi connectivity index (χ4n) is 4.75. The van der Waals surface area contributed by atoms with Crippen LogP contribution in [0.4, 0.5) is 5.82 Å². The molecule has 1 aliphatic heterocycles. The average molecular weight is 326 g/mol. The van der Waals surface area contributed by atoms with Crippen LogP contribution in [0.1, 0.15) is 47.5 Å². The van der Waals surface area contributed by atoms with Gasteiger partial charge < -0.3 is 14.2 Å². The highest BCUT2D eigenvalue weighted by Crippen LogP contribution is 2.44. The van der Waals surface area contributed by atoms with Crippen molar-refractivity contribution in [3.05, 3.63) is 43.2 Å². The fourth-order valence-corrected chi connectivity index (χ4v) is 4.75. The van der Waals surface area contributed by atoms with Crippen LogP contribution < -0.4 is 4.90 Å². The van der Waals surface area contributed by atoms with E-state index < -0.39 is 0 Å². The monoisotopic (exact) mass is 326 g/mol. The largest absolute Gasteiger partial charge is 0.498 e. The summed E-state index contributed by atoms with van der Waals surface area (Å²) in [5.41, 5.74) is 1.33. The van der Waals surface area contributed by atoms with Gasteiger partial charge in [-0.2, -0.15) is 0 Å². The van der Waals surface area contributed by atoms with Crippen LogP contribution in [0.3, 0.4) is 0 Å². The van der Waals surface area contributed by atoms with Crippen LogP contribution >= 0.6 is 0 Å². The Bertz CT molecular complexity index is 723. The topological polar surface area (TPSA) is 17.4 Å². The number of nitrogens with zero attached hydrogens (tertiary/aromatic N) is 2. The number of para-hydroxylation sites is 1. The van der Waals surface area contributed by atoms with E-state index in [1.54, 1.807) is 6.26 Å². The van der Waals surface area contributed by atoms with Gasteiger partial charge >= 0.3 is 0 Å². The Labute approximate surface area is 145 Å². The van der Waals surface area contributed by atoms with Gasteiger partial charge in [-0.15, -0.1) is 0 Å².